The van der Waals surface area contributed by atoms with E-state index in [9.17, 15) is 13.2 Å². The molecular weight excluding hydrogens is 325 g/mol. The van der Waals surface area contributed by atoms with Gasteiger partial charge in [-0.2, -0.15) is 13.2 Å². The summed E-state index contributed by atoms with van der Waals surface area (Å²) in [6, 6.07) is 2.23. The van der Waals surface area contributed by atoms with E-state index in [4.69, 9.17) is 9.15 Å². The van der Waals surface area contributed by atoms with E-state index in [1.54, 1.807) is 0 Å². The Morgan fingerprint density at radius 1 is 1.38 bits per heavy atom. The van der Waals surface area contributed by atoms with Crippen molar-refractivity contribution in [1.82, 2.24) is 20.1 Å². The summed E-state index contributed by atoms with van der Waals surface area (Å²) in [5.74, 6) is 0.296. The van der Waals surface area contributed by atoms with Crippen molar-refractivity contribution in [2.24, 2.45) is 5.92 Å². The summed E-state index contributed by atoms with van der Waals surface area (Å²) in [7, 11) is 0. The monoisotopic (exact) mass is 342 g/mol. The highest BCUT2D eigenvalue weighted by molar-refractivity contribution is 5.28. The second-order valence-electron chi connectivity index (χ2n) is 5.74. The van der Waals surface area contributed by atoms with Gasteiger partial charge < -0.3 is 9.15 Å². The molecule has 1 saturated heterocycles. The molecule has 1 fully saturated rings. The number of ether oxygens (including phenoxy) is 1. The molecule has 0 radical (unpaired) electrons. The first-order valence-electron chi connectivity index (χ1n) is 7.65. The van der Waals surface area contributed by atoms with Crippen LogP contribution in [0.15, 0.2) is 29.1 Å². The lowest BCUT2D eigenvalue weighted by atomic mass is 9.99. The van der Waals surface area contributed by atoms with E-state index in [-0.39, 0.29) is 18.4 Å². The maximum absolute atomic E-state index is 12.9. The van der Waals surface area contributed by atoms with E-state index in [0.29, 0.717) is 19.0 Å². The van der Waals surface area contributed by atoms with Crippen LogP contribution in [-0.4, -0.2) is 39.8 Å². The summed E-state index contributed by atoms with van der Waals surface area (Å²) in [4.78, 5) is 5.85. The average molecular weight is 342 g/mol. The number of halogens is 3. The summed E-state index contributed by atoms with van der Waals surface area (Å²) in [5.41, 5.74) is -0.844. The van der Waals surface area contributed by atoms with Crippen molar-refractivity contribution >= 4 is 0 Å². The number of likely N-dealkylation sites (tertiary alicyclic amines) is 1. The first kappa shape index (κ1) is 16.7. The van der Waals surface area contributed by atoms with Crippen molar-refractivity contribution in [2.45, 2.75) is 25.6 Å². The Kier molecular flexibility index (Phi) is 4.98. The van der Waals surface area contributed by atoms with E-state index in [0.717, 1.165) is 25.5 Å². The van der Waals surface area contributed by atoms with Crippen molar-refractivity contribution in [3.05, 3.63) is 36.2 Å². The topological polar surface area (TPSA) is 64.3 Å². The summed E-state index contributed by atoms with van der Waals surface area (Å²) in [6.45, 7) is 2.32. The summed E-state index contributed by atoms with van der Waals surface area (Å²) in [5, 5.41) is 7.48. The minimum atomic E-state index is -4.47. The molecule has 130 valence electrons. The molecule has 3 rings (SSSR count). The molecule has 1 unspecified atom stereocenters. The number of rotatable bonds is 5. The lowest BCUT2D eigenvalue weighted by Crippen LogP contribution is -2.37. The Balaban J connectivity index is 1.57. The highest BCUT2D eigenvalue weighted by Gasteiger charge is 2.35. The second kappa shape index (κ2) is 7.16. The van der Waals surface area contributed by atoms with Crippen LogP contribution >= 0.6 is 0 Å². The standard InChI is InChI=1S/C15H17F3N4O2/c16-15(17,18)12-4-1-5-19-14(12)23-9-11-3-2-6-22(7-11)8-13-21-20-10-24-13/h1,4-5,10-11H,2-3,6-9H2. The fourth-order valence-electron chi connectivity index (χ4n) is 2.81. The normalized spacial score (nSPS) is 19.4. The molecule has 0 saturated carbocycles. The fourth-order valence-corrected chi connectivity index (χ4v) is 2.81. The Hall–Kier alpha value is -2.16. The van der Waals surface area contributed by atoms with Gasteiger partial charge in [0, 0.05) is 18.7 Å². The van der Waals surface area contributed by atoms with Gasteiger partial charge in [0.15, 0.2) is 0 Å². The zero-order valence-corrected chi connectivity index (χ0v) is 12.9. The highest BCUT2D eigenvalue weighted by Crippen LogP contribution is 2.34. The Bertz CT molecular complexity index is 648. The molecule has 0 spiro atoms. The van der Waals surface area contributed by atoms with Crippen LogP contribution in [0.3, 0.4) is 0 Å². The zero-order chi connectivity index (χ0) is 17.0. The Morgan fingerprint density at radius 3 is 3.00 bits per heavy atom. The summed E-state index contributed by atoms with van der Waals surface area (Å²) in [6.07, 6.45) is -0.0574. The van der Waals surface area contributed by atoms with Crippen molar-refractivity contribution < 1.29 is 22.3 Å². The van der Waals surface area contributed by atoms with Gasteiger partial charge in [0.2, 0.25) is 18.2 Å². The summed E-state index contributed by atoms with van der Waals surface area (Å²) >= 11 is 0. The van der Waals surface area contributed by atoms with Crippen LogP contribution < -0.4 is 4.74 Å². The zero-order valence-electron chi connectivity index (χ0n) is 12.9. The van der Waals surface area contributed by atoms with Crippen molar-refractivity contribution in [1.29, 1.82) is 0 Å². The van der Waals surface area contributed by atoms with Crippen LogP contribution in [0, 0.1) is 5.92 Å². The van der Waals surface area contributed by atoms with Crippen molar-refractivity contribution in [3.8, 4) is 5.88 Å². The van der Waals surface area contributed by atoms with Gasteiger partial charge in [0.25, 0.3) is 0 Å². The third-order valence-corrected chi connectivity index (χ3v) is 3.90. The van der Waals surface area contributed by atoms with Gasteiger partial charge in [-0.15, -0.1) is 10.2 Å². The quantitative estimate of drug-likeness (QED) is 0.833. The Morgan fingerprint density at radius 2 is 2.25 bits per heavy atom. The van der Waals surface area contributed by atoms with Crippen LogP contribution in [0.5, 0.6) is 5.88 Å². The van der Waals surface area contributed by atoms with Crippen LogP contribution in [0.4, 0.5) is 13.2 Å². The van der Waals surface area contributed by atoms with Gasteiger partial charge in [-0.25, -0.2) is 4.98 Å². The summed E-state index contributed by atoms with van der Waals surface area (Å²) < 4.78 is 49.3. The number of aromatic nitrogens is 3. The lowest BCUT2D eigenvalue weighted by Gasteiger charge is -2.31. The minimum Gasteiger partial charge on any atom is -0.477 e. The first-order valence-corrected chi connectivity index (χ1v) is 7.65. The molecule has 2 aromatic heterocycles. The van der Waals surface area contributed by atoms with Crippen molar-refractivity contribution in [3.63, 3.8) is 0 Å². The maximum Gasteiger partial charge on any atom is 0.421 e. The second-order valence-corrected chi connectivity index (χ2v) is 5.74. The molecule has 3 heterocycles. The smallest absolute Gasteiger partial charge is 0.421 e. The molecule has 1 atom stereocenters. The van der Waals surface area contributed by atoms with Gasteiger partial charge in [-0.1, -0.05) is 0 Å². The van der Waals surface area contributed by atoms with E-state index >= 15 is 0 Å². The van der Waals surface area contributed by atoms with E-state index in [1.807, 2.05) is 0 Å². The van der Waals surface area contributed by atoms with Gasteiger partial charge in [0.05, 0.1) is 13.2 Å². The number of piperidine rings is 1. The number of nitrogens with zero attached hydrogens (tertiary/aromatic N) is 4. The fraction of sp³-hybridized carbons (Fsp3) is 0.533. The molecule has 0 bridgehead atoms. The SMILES string of the molecule is FC(F)(F)c1cccnc1OCC1CCCN(Cc2nnco2)C1. The van der Waals surface area contributed by atoms with E-state index in [1.165, 1.54) is 18.7 Å². The van der Waals surface area contributed by atoms with Crippen LogP contribution in [0.1, 0.15) is 24.3 Å². The third kappa shape index (κ3) is 4.22. The van der Waals surface area contributed by atoms with Crippen LogP contribution in [0.2, 0.25) is 0 Å². The largest absolute Gasteiger partial charge is 0.477 e. The third-order valence-electron chi connectivity index (χ3n) is 3.90. The van der Waals surface area contributed by atoms with E-state index < -0.39 is 11.7 Å². The highest BCUT2D eigenvalue weighted by atomic mass is 19.4. The van der Waals surface area contributed by atoms with Gasteiger partial charge in [-0.3, -0.25) is 4.90 Å². The van der Waals surface area contributed by atoms with Crippen LogP contribution in [-0.2, 0) is 12.7 Å². The van der Waals surface area contributed by atoms with Gasteiger partial charge in [-0.05, 0) is 31.5 Å². The molecule has 6 nitrogen and oxygen atoms in total. The molecular formula is C15H17F3N4O2. The predicted molar refractivity (Wildman–Crippen MR) is 77.0 cm³/mol. The molecule has 0 amide bonds. The molecule has 24 heavy (non-hydrogen) atoms. The molecule has 2 aromatic rings. The van der Waals surface area contributed by atoms with Gasteiger partial charge >= 0.3 is 6.18 Å². The van der Waals surface area contributed by atoms with E-state index in [2.05, 4.69) is 20.1 Å². The predicted octanol–water partition coefficient (Wildman–Crippen LogP) is 2.77. The molecule has 1 aliphatic rings. The molecule has 1 aliphatic heterocycles. The first-order chi connectivity index (χ1) is 11.5. The number of alkyl halides is 3. The minimum absolute atomic E-state index is 0.129. The van der Waals surface area contributed by atoms with Crippen molar-refractivity contribution in [2.75, 3.05) is 19.7 Å². The van der Waals surface area contributed by atoms with Crippen LogP contribution in [0.25, 0.3) is 0 Å². The number of pyridine rings is 1. The molecule has 0 aromatic carbocycles. The Labute approximate surface area is 136 Å². The molecule has 0 aliphatic carbocycles. The molecule has 0 N–H and O–H groups in total. The number of hydrogen-bond acceptors (Lipinski definition) is 6. The number of hydrogen-bond donors (Lipinski definition) is 0. The maximum atomic E-state index is 12.9. The lowest BCUT2D eigenvalue weighted by molar-refractivity contribution is -0.139. The average Bonchev–Trinajstić information content (AvgIpc) is 3.06. The van der Waals surface area contributed by atoms with Gasteiger partial charge in [0.1, 0.15) is 5.56 Å². The molecule has 9 heteroatoms.